The van der Waals surface area contributed by atoms with Gasteiger partial charge < -0.3 is 21.1 Å². The van der Waals surface area contributed by atoms with Gasteiger partial charge in [-0.05, 0) is 6.92 Å². The summed E-state index contributed by atoms with van der Waals surface area (Å²) >= 11 is 0. The Hall–Kier alpha value is -1.30. The van der Waals surface area contributed by atoms with Gasteiger partial charge in [-0.15, -0.1) is 0 Å². The molecule has 0 aliphatic carbocycles. The summed E-state index contributed by atoms with van der Waals surface area (Å²) in [5, 5.41) is 5.05. The first kappa shape index (κ1) is 11.8. The van der Waals surface area contributed by atoms with Gasteiger partial charge in [0.05, 0.1) is 13.2 Å². The molecule has 0 aromatic rings. The average Bonchev–Trinajstić information content (AvgIpc) is 2.10. The van der Waals surface area contributed by atoms with Crippen LogP contribution in [0.15, 0.2) is 0 Å². The number of hydrogen-bond acceptors (Lipinski definition) is 3. The maximum absolute atomic E-state index is 11.4. The van der Waals surface area contributed by atoms with Gasteiger partial charge in [0.2, 0.25) is 5.91 Å². The minimum atomic E-state index is -0.698. The first-order valence-electron chi connectivity index (χ1n) is 4.84. The zero-order valence-electron chi connectivity index (χ0n) is 9.00. The van der Waals surface area contributed by atoms with Crippen molar-refractivity contribution in [1.29, 1.82) is 0 Å². The molecule has 0 aromatic heterocycles. The molecule has 1 rings (SSSR count). The summed E-state index contributed by atoms with van der Waals surface area (Å²) in [6.07, 6.45) is 0. The highest BCUT2D eigenvalue weighted by molar-refractivity contribution is 5.86. The Bertz CT molecular complexity index is 263. The van der Waals surface area contributed by atoms with Crippen LogP contribution in [0.4, 0.5) is 4.79 Å². The first-order valence-corrected chi connectivity index (χ1v) is 4.84. The summed E-state index contributed by atoms with van der Waals surface area (Å²) < 4.78 is 5.05. The molecular formula is C9H17N3O3. The van der Waals surface area contributed by atoms with Crippen molar-refractivity contribution >= 4 is 11.9 Å². The molecule has 1 saturated heterocycles. The van der Waals surface area contributed by atoms with Crippen LogP contribution in [0.2, 0.25) is 0 Å². The van der Waals surface area contributed by atoms with Crippen LogP contribution >= 0.6 is 0 Å². The Kier molecular flexibility index (Phi) is 3.52. The number of urea groups is 1. The number of amides is 3. The molecule has 3 amide bonds. The number of carbonyl (C=O) groups excluding carboxylic acids is 2. The maximum Gasteiger partial charge on any atom is 0.312 e. The van der Waals surface area contributed by atoms with E-state index in [1.54, 1.807) is 6.92 Å². The fourth-order valence-corrected chi connectivity index (χ4v) is 1.29. The van der Waals surface area contributed by atoms with E-state index < -0.39 is 12.1 Å². The Balaban J connectivity index is 2.25. The van der Waals surface area contributed by atoms with E-state index in [-0.39, 0.29) is 11.3 Å². The lowest BCUT2D eigenvalue weighted by Gasteiger charge is -2.38. The highest BCUT2D eigenvalue weighted by Crippen LogP contribution is 2.24. The Morgan fingerprint density at radius 3 is 2.53 bits per heavy atom. The van der Waals surface area contributed by atoms with Crippen molar-refractivity contribution in [1.82, 2.24) is 10.6 Å². The minimum absolute atomic E-state index is 0.0299. The molecule has 1 atom stereocenters. The van der Waals surface area contributed by atoms with E-state index in [1.165, 1.54) is 0 Å². The summed E-state index contributed by atoms with van der Waals surface area (Å²) in [5.74, 6) is -0.234. The SMILES string of the molecule is CC(NC(N)=O)C(=O)NCC1(C)COC1. The molecule has 1 aliphatic rings. The van der Waals surface area contributed by atoms with Crippen LogP contribution < -0.4 is 16.4 Å². The van der Waals surface area contributed by atoms with Crippen LogP contribution in [0.3, 0.4) is 0 Å². The fourth-order valence-electron chi connectivity index (χ4n) is 1.29. The van der Waals surface area contributed by atoms with Crippen LogP contribution in [0.1, 0.15) is 13.8 Å². The Morgan fingerprint density at radius 2 is 2.13 bits per heavy atom. The van der Waals surface area contributed by atoms with E-state index in [1.807, 2.05) is 6.92 Å². The van der Waals surface area contributed by atoms with E-state index in [0.717, 1.165) is 0 Å². The summed E-state index contributed by atoms with van der Waals surface area (Å²) in [4.78, 5) is 21.9. The lowest BCUT2D eigenvalue weighted by atomic mass is 9.89. The standard InChI is InChI=1S/C9H17N3O3/c1-6(12-8(10)14)7(13)11-3-9(2)4-15-5-9/h6H,3-5H2,1-2H3,(H,11,13)(H3,10,12,14). The van der Waals surface area contributed by atoms with Gasteiger partial charge in [-0.1, -0.05) is 6.92 Å². The molecule has 6 nitrogen and oxygen atoms in total. The minimum Gasteiger partial charge on any atom is -0.380 e. The predicted octanol–water partition coefficient (Wildman–Crippen LogP) is -0.804. The van der Waals surface area contributed by atoms with Gasteiger partial charge in [-0.25, -0.2) is 4.79 Å². The lowest BCUT2D eigenvalue weighted by Crippen LogP contribution is -2.53. The van der Waals surface area contributed by atoms with Gasteiger partial charge >= 0.3 is 6.03 Å². The Morgan fingerprint density at radius 1 is 1.53 bits per heavy atom. The van der Waals surface area contributed by atoms with E-state index >= 15 is 0 Å². The summed E-state index contributed by atoms with van der Waals surface area (Å²) in [6, 6.07) is -1.30. The number of rotatable bonds is 4. The molecule has 15 heavy (non-hydrogen) atoms. The third-order valence-electron chi connectivity index (χ3n) is 2.34. The second kappa shape index (κ2) is 4.48. The summed E-state index contributed by atoms with van der Waals surface area (Å²) in [5.41, 5.74) is 4.93. The number of carbonyl (C=O) groups is 2. The molecule has 0 spiro atoms. The monoisotopic (exact) mass is 215 g/mol. The molecule has 0 radical (unpaired) electrons. The summed E-state index contributed by atoms with van der Waals surface area (Å²) in [7, 11) is 0. The van der Waals surface area contributed by atoms with E-state index in [2.05, 4.69) is 10.6 Å². The highest BCUT2D eigenvalue weighted by Gasteiger charge is 2.33. The topological polar surface area (TPSA) is 93.5 Å². The molecule has 4 N–H and O–H groups in total. The average molecular weight is 215 g/mol. The molecule has 0 bridgehead atoms. The normalized spacial score (nSPS) is 19.9. The number of nitrogens with one attached hydrogen (secondary N) is 2. The molecule has 0 saturated carbocycles. The van der Waals surface area contributed by atoms with Gasteiger partial charge in [-0.2, -0.15) is 0 Å². The van der Waals surface area contributed by atoms with Crippen molar-refractivity contribution in [2.24, 2.45) is 11.1 Å². The number of ether oxygens (including phenoxy) is 1. The molecule has 86 valence electrons. The van der Waals surface area contributed by atoms with E-state index in [4.69, 9.17) is 10.5 Å². The van der Waals surface area contributed by atoms with Crippen LogP contribution in [-0.2, 0) is 9.53 Å². The molecule has 0 aromatic carbocycles. The van der Waals surface area contributed by atoms with Crippen molar-refractivity contribution < 1.29 is 14.3 Å². The molecular weight excluding hydrogens is 198 g/mol. The molecule has 1 unspecified atom stereocenters. The fraction of sp³-hybridized carbons (Fsp3) is 0.778. The first-order chi connectivity index (χ1) is 6.93. The second-order valence-corrected chi connectivity index (χ2v) is 4.25. The third-order valence-corrected chi connectivity index (χ3v) is 2.34. The predicted molar refractivity (Wildman–Crippen MR) is 54.1 cm³/mol. The van der Waals surface area contributed by atoms with Crippen molar-refractivity contribution in [3.63, 3.8) is 0 Å². The van der Waals surface area contributed by atoms with Gasteiger partial charge in [0.15, 0.2) is 0 Å². The highest BCUT2D eigenvalue weighted by atomic mass is 16.5. The zero-order valence-corrected chi connectivity index (χ0v) is 9.00. The number of hydrogen-bond donors (Lipinski definition) is 3. The number of primary amides is 1. The lowest BCUT2D eigenvalue weighted by molar-refractivity contribution is -0.128. The van der Waals surface area contributed by atoms with E-state index in [0.29, 0.717) is 19.8 Å². The molecule has 1 aliphatic heterocycles. The van der Waals surface area contributed by atoms with Gasteiger partial charge in [0, 0.05) is 12.0 Å². The largest absolute Gasteiger partial charge is 0.380 e. The van der Waals surface area contributed by atoms with Crippen molar-refractivity contribution in [3.05, 3.63) is 0 Å². The summed E-state index contributed by atoms with van der Waals surface area (Å²) in [6.45, 7) is 5.48. The number of nitrogens with two attached hydrogens (primary N) is 1. The smallest absolute Gasteiger partial charge is 0.312 e. The maximum atomic E-state index is 11.4. The van der Waals surface area contributed by atoms with Crippen molar-refractivity contribution in [2.75, 3.05) is 19.8 Å². The van der Waals surface area contributed by atoms with Crippen LogP contribution in [0, 0.1) is 5.41 Å². The van der Waals surface area contributed by atoms with Crippen LogP contribution in [0.5, 0.6) is 0 Å². The van der Waals surface area contributed by atoms with Gasteiger partial charge in [0.1, 0.15) is 6.04 Å². The second-order valence-electron chi connectivity index (χ2n) is 4.25. The van der Waals surface area contributed by atoms with Crippen molar-refractivity contribution in [3.8, 4) is 0 Å². The third kappa shape index (κ3) is 3.39. The van der Waals surface area contributed by atoms with Gasteiger partial charge in [0.25, 0.3) is 0 Å². The van der Waals surface area contributed by atoms with Gasteiger partial charge in [-0.3, -0.25) is 4.79 Å². The molecule has 1 fully saturated rings. The van der Waals surface area contributed by atoms with Crippen LogP contribution in [0.25, 0.3) is 0 Å². The quantitative estimate of drug-likeness (QED) is 0.573. The zero-order chi connectivity index (χ0) is 11.5. The Labute approximate surface area is 88.5 Å². The molecule has 6 heteroatoms. The van der Waals surface area contributed by atoms with Crippen molar-refractivity contribution in [2.45, 2.75) is 19.9 Å². The molecule has 1 heterocycles. The van der Waals surface area contributed by atoms with E-state index in [9.17, 15) is 9.59 Å². The van der Waals surface area contributed by atoms with Crippen LogP contribution in [-0.4, -0.2) is 37.7 Å².